The van der Waals surface area contributed by atoms with Gasteiger partial charge in [-0.05, 0) is 55.7 Å². The monoisotopic (exact) mass is 520 g/mol. The summed E-state index contributed by atoms with van der Waals surface area (Å²) in [5, 5.41) is -0.0577. The fraction of sp³-hybridized carbons (Fsp3) is 0.714. The van der Waals surface area contributed by atoms with Crippen molar-refractivity contribution in [3.63, 3.8) is 0 Å². The van der Waals surface area contributed by atoms with Crippen LogP contribution in [0, 0.1) is 0 Å². The van der Waals surface area contributed by atoms with Gasteiger partial charge >= 0.3 is 5.69 Å². The van der Waals surface area contributed by atoms with E-state index in [0.29, 0.717) is 13.2 Å². The van der Waals surface area contributed by atoms with E-state index in [9.17, 15) is 9.59 Å². The largest absolute Gasteiger partial charge is 0.408 e. The molecular weight excluding hydrogens is 483 g/mol. The maximum absolute atomic E-state index is 12.5. The maximum Gasteiger partial charge on any atom is 0.330 e. The highest BCUT2D eigenvalue weighted by atomic mass is 32.5. The van der Waals surface area contributed by atoms with Crippen LogP contribution in [-0.2, 0) is 34.8 Å². The molecule has 1 aromatic rings. The molecule has 0 aliphatic carbocycles. The smallest absolute Gasteiger partial charge is 0.330 e. The fourth-order valence-electron chi connectivity index (χ4n) is 3.25. The second-order valence-corrected chi connectivity index (χ2v) is 17.4. The Bertz CT molecular complexity index is 978. The number of aromatic amines is 1. The van der Waals surface area contributed by atoms with Crippen LogP contribution >= 0.6 is 6.49 Å². The van der Waals surface area contributed by atoms with Crippen molar-refractivity contribution in [3.05, 3.63) is 45.0 Å². The van der Waals surface area contributed by atoms with Crippen molar-refractivity contribution in [2.24, 2.45) is 0 Å². The highest BCUT2D eigenvalue weighted by molar-refractivity contribution is 8.11. The third kappa shape index (κ3) is 6.82. The van der Waals surface area contributed by atoms with E-state index in [1.807, 2.05) is 13.8 Å². The molecule has 0 amide bonds. The topological polar surface area (TPSA) is 101 Å². The molecule has 2 rings (SSSR count). The molecule has 2 heterocycles. The number of nitrogens with zero attached hydrogens (tertiary/aromatic N) is 1. The summed E-state index contributed by atoms with van der Waals surface area (Å²) in [7, 11) is -0.695. The van der Waals surface area contributed by atoms with Crippen LogP contribution in [0.3, 0.4) is 0 Å². The van der Waals surface area contributed by atoms with Gasteiger partial charge in [-0.3, -0.25) is 14.3 Å². The lowest BCUT2D eigenvalue weighted by Gasteiger charge is -2.40. The third-order valence-electron chi connectivity index (χ3n) is 5.94. The average Bonchev–Trinajstić information content (AvgIpc) is 3.02. The summed E-state index contributed by atoms with van der Waals surface area (Å²) in [6, 6.07) is 1.27. The van der Waals surface area contributed by atoms with E-state index in [0.717, 1.165) is 0 Å². The quantitative estimate of drug-likeness (QED) is 0.368. The van der Waals surface area contributed by atoms with Crippen LogP contribution in [0.2, 0.25) is 18.1 Å². The maximum atomic E-state index is 12.5. The first kappa shape index (κ1) is 28.3. The lowest BCUT2D eigenvalue weighted by molar-refractivity contribution is -0.0482. The molecule has 9 nitrogen and oxygen atoms in total. The summed E-state index contributed by atoms with van der Waals surface area (Å²) in [4.78, 5) is 26.3. The van der Waals surface area contributed by atoms with Gasteiger partial charge in [0, 0.05) is 19.4 Å². The van der Waals surface area contributed by atoms with Crippen LogP contribution in [0.25, 0.3) is 0 Å². The van der Waals surface area contributed by atoms with Crippen molar-refractivity contribution in [1.82, 2.24) is 9.55 Å². The summed E-state index contributed by atoms with van der Waals surface area (Å²) >= 11 is 5.62. The van der Waals surface area contributed by atoms with Crippen LogP contribution < -0.4 is 11.2 Å². The van der Waals surface area contributed by atoms with E-state index >= 15 is 0 Å². The zero-order valence-electron chi connectivity index (χ0n) is 20.7. The summed E-state index contributed by atoms with van der Waals surface area (Å²) in [6.45, 7) is 12.7. The number of methoxy groups -OCH3 is 1. The molecule has 1 fully saturated rings. The molecule has 0 bridgehead atoms. The second-order valence-electron chi connectivity index (χ2n) is 9.27. The van der Waals surface area contributed by atoms with E-state index in [1.54, 1.807) is 19.0 Å². The molecule has 33 heavy (non-hydrogen) atoms. The van der Waals surface area contributed by atoms with Gasteiger partial charge in [0.05, 0.1) is 13.2 Å². The Morgan fingerprint density at radius 2 is 1.82 bits per heavy atom. The van der Waals surface area contributed by atoms with E-state index in [4.69, 9.17) is 34.8 Å². The minimum atomic E-state index is -2.65. The van der Waals surface area contributed by atoms with Crippen molar-refractivity contribution in [1.29, 1.82) is 0 Å². The Balaban J connectivity index is 2.51. The molecule has 1 aliphatic rings. The molecule has 188 valence electrons. The van der Waals surface area contributed by atoms with E-state index in [-0.39, 0.29) is 5.04 Å². The minimum Gasteiger partial charge on any atom is -0.408 e. The van der Waals surface area contributed by atoms with Crippen molar-refractivity contribution >= 4 is 26.6 Å². The van der Waals surface area contributed by atoms with Crippen LogP contribution in [0.15, 0.2) is 33.7 Å². The molecule has 1 aliphatic heterocycles. The fourth-order valence-corrected chi connectivity index (χ4v) is 6.74. The van der Waals surface area contributed by atoms with Gasteiger partial charge in [-0.25, -0.2) is 4.79 Å². The highest BCUT2D eigenvalue weighted by Crippen LogP contribution is 2.51. The lowest BCUT2D eigenvalue weighted by Crippen LogP contribution is -2.49. The number of nitrogens with one attached hydrogen (secondary N) is 1. The van der Waals surface area contributed by atoms with Gasteiger partial charge in [0.25, 0.3) is 5.56 Å². The Morgan fingerprint density at radius 1 is 1.21 bits per heavy atom. The van der Waals surface area contributed by atoms with Crippen LogP contribution in [0.1, 0.15) is 40.8 Å². The van der Waals surface area contributed by atoms with Crippen molar-refractivity contribution in [2.45, 2.75) is 77.3 Å². The lowest BCUT2D eigenvalue weighted by atomic mass is 10.1. The van der Waals surface area contributed by atoms with E-state index in [1.165, 1.54) is 16.8 Å². The Morgan fingerprint density at radius 3 is 2.30 bits per heavy atom. The number of ether oxygens (including phenoxy) is 2. The molecule has 0 aromatic carbocycles. The van der Waals surface area contributed by atoms with Crippen LogP contribution in [0.5, 0.6) is 0 Å². The molecule has 12 heteroatoms. The zero-order chi connectivity index (χ0) is 25.0. The first-order chi connectivity index (χ1) is 15.3. The van der Waals surface area contributed by atoms with Gasteiger partial charge in [-0.15, -0.1) is 0 Å². The summed E-state index contributed by atoms with van der Waals surface area (Å²) in [5.74, 6) is 1.74. The number of aromatic nitrogens is 2. The average molecular weight is 521 g/mol. The Hall–Kier alpha value is -0.913. The number of rotatable bonds is 10. The van der Waals surface area contributed by atoms with E-state index in [2.05, 4.69) is 38.8 Å². The standard InChI is InChI=1S/C21H37N2O7PSSi/c1-9-27-31(32,28-10-2)14-12-15-17(30-33(7,8)21(3,4)5)18(26-6)19(29-15)23-13-11-16(24)22-20(23)25/h11-15,17-19H,9-10H2,1-8H3,(H,22,24,25)/b14-12+/t15-,17-,18-,19-/m1/s1. The molecule has 0 spiro atoms. The highest BCUT2D eigenvalue weighted by Gasteiger charge is 2.50. The summed E-state index contributed by atoms with van der Waals surface area (Å²) in [5.41, 5.74) is -1.07. The second kappa shape index (κ2) is 11.2. The van der Waals surface area contributed by atoms with Crippen molar-refractivity contribution < 1.29 is 22.9 Å². The predicted octanol–water partition coefficient (Wildman–Crippen LogP) is 3.74. The van der Waals surface area contributed by atoms with Gasteiger partial charge in [0.2, 0.25) is 6.49 Å². The molecule has 1 N–H and O–H groups in total. The Labute approximate surface area is 201 Å². The first-order valence-corrected chi connectivity index (χ1v) is 16.7. The first-order valence-electron chi connectivity index (χ1n) is 11.0. The molecular formula is C21H37N2O7PSSi. The minimum absolute atomic E-state index is 0.0577. The van der Waals surface area contributed by atoms with Gasteiger partial charge < -0.3 is 22.9 Å². The normalized spacial score (nSPS) is 24.6. The van der Waals surface area contributed by atoms with Gasteiger partial charge in [-0.2, -0.15) is 0 Å². The van der Waals surface area contributed by atoms with Crippen molar-refractivity contribution in [3.8, 4) is 0 Å². The zero-order valence-corrected chi connectivity index (χ0v) is 23.4. The Kier molecular flexibility index (Phi) is 9.63. The predicted molar refractivity (Wildman–Crippen MR) is 135 cm³/mol. The summed E-state index contributed by atoms with van der Waals surface area (Å²) in [6.07, 6.45) is 0.708. The van der Waals surface area contributed by atoms with Gasteiger partial charge in [-0.1, -0.05) is 20.8 Å². The molecule has 1 aromatic heterocycles. The molecule has 1 saturated heterocycles. The third-order valence-corrected chi connectivity index (χ3v) is 13.2. The van der Waals surface area contributed by atoms with E-state index < -0.39 is 50.6 Å². The molecule has 0 radical (unpaired) electrons. The van der Waals surface area contributed by atoms with Crippen LogP contribution in [-0.4, -0.2) is 56.5 Å². The number of H-pyrrole nitrogens is 1. The van der Waals surface area contributed by atoms with Gasteiger partial charge in [0.1, 0.15) is 18.3 Å². The SMILES string of the molecule is CCOP(=S)(/C=C/[C@H]1O[C@@H](n2ccc(=O)[nH]c2=O)[C@H](OC)[C@@H]1O[Si](C)(C)C(C)(C)C)OCC. The van der Waals surface area contributed by atoms with Crippen LogP contribution in [0.4, 0.5) is 0 Å². The molecule has 0 unspecified atom stereocenters. The molecule has 0 saturated carbocycles. The van der Waals surface area contributed by atoms with Gasteiger partial charge in [0.15, 0.2) is 14.5 Å². The molecule has 4 atom stereocenters. The summed E-state index contributed by atoms with van der Waals surface area (Å²) < 4.78 is 31.6. The number of hydrogen-bond donors (Lipinski definition) is 1. The number of hydrogen-bond acceptors (Lipinski definition) is 8. The van der Waals surface area contributed by atoms with Crippen molar-refractivity contribution in [2.75, 3.05) is 20.3 Å².